The SMILES string of the molecule is COC(=O)C[C@@H](CCc1ccccc1)c1ccccc1. The fraction of sp³-hybridized carbons (Fsp3) is 0.278. The maximum Gasteiger partial charge on any atom is 0.306 e. The van der Waals surface area contributed by atoms with Crippen molar-refractivity contribution in [3.8, 4) is 0 Å². The molecule has 0 radical (unpaired) electrons. The van der Waals surface area contributed by atoms with E-state index in [0.717, 1.165) is 12.8 Å². The van der Waals surface area contributed by atoms with Crippen LogP contribution in [0.4, 0.5) is 0 Å². The number of rotatable bonds is 6. The maximum atomic E-state index is 11.6. The Labute approximate surface area is 120 Å². The van der Waals surface area contributed by atoms with Crippen LogP contribution in [0.2, 0.25) is 0 Å². The molecular weight excluding hydrogens is 248 g/mol. The minimum Gasteiger partial charge on any atom is -0.469 e. The van der Waals surface area contributed by atoms with E-state index in [9.17, 15) is 4.79 Å². The van der Waals surface area contributed by atoms with Gasteiger partial charge in [0.2, 0.25) is 0 Å². The lowest BCUT2D eigenvalue weighted by molar-refractivity contribution is -0.141. The summed E-state index contributed by atoms with van der Waals surface area (Å²) in [6, 6.07) is 20.6. The lowest BCUT2D eigenvalue weighted by Crippen LogP contribution is -2.09. The van der Waals surface area contributed by atoms with Gasteiger partial charge in [0.25, 0.3) is 0 Å². The van der Waals surface area contributed by atoms with Gasteiger partial charge in [0.1, 0.15) is 0 Å². The van der Waals surface area contributed by atoms with E-state index in [-0.39, 0.29) is 11.9 Å². The molecule has 2 aromatic rings. The molecule has 2 aromatic carbocycles. The van der Waals surface area contributed by atoms with Crippen LogP contribution in [-0.2, 0) is 16.0 Å². The number of ether oxygens (including phenoxy) is 1. The van der Waals surface area contributed by atoms with E-state index >= 15 is 0 Å². The zero-order chi connectivity index (χ0) is 14.2. The van der Waals surface area contributed by atoms with E-state index in [2.05, 4.69) is 24.3 Å². The number of hydrogen-bond donors (Lipinski definition) is 0. The predicted molar refractivity (Wildman–Crippen MR) is 80.6 cm³/mol. The number of carbonyl (C=O) groups excluding carboxylic acids is 1. The molecule has 0 aromatic heterocycles. The number of esters is 1. The van der Waals surface area contributed by atoms with Crippen molar-refractivity contribution in [2.45, 2.75) is 25.2 Å². The van der Waals surface area contributed by atoms with Gasteiger partial charge in [0, 0.05) is 0 Å². The van der Waals surface area contributed by atoms with Crippen molar-refractivity contribution >= 4 is 5.97 Å². The maximum absolute atomic E-state index is 11.6. The third kappa shape index (κ3) is 4.23. The molecule has 0 amide bonds. The molecule has 0 aliphatic heterocycles. The summed E-state index contributed by atoms with van der Waals surface area (Å²) < 4.78 is 4.82. The van der Waals surface area contributed by atoms with Gasteiger partial charge < -0.3 is 4.74 Å². The van der Waals surface area contributed by atoms with Crippen LogP contribution in [0.5, 0.6) is 0 Å². The van der Waals surface area contributed by atoms with Crippen molar-refractivity contribution in [2.75, 3.05) is 7.11 Å². The highest BCUT2D eigenvalue weighted by Gasteiger charge is 2.16. The van der Waals surface area contributed by atoms with Crippen LogP contribution in [0.15, 0.2) is 60.7 Å². The second-order valence-corrected chi connectivity index (χ2v) is 4.91. The fourth-order valence-corrected chi connectivity index (χ4v) is 2.38. The molecule has 2 nitrogen and oxygen atoms in total. The van der Waals surface area contributed by atoms with E-state index < -0.39 is 0 Å². The smallest absolute Gasteiger partial charge is 0.306 e. The third-order valence-electron chi connectivity index (χ3n) is 3.54. The molecule has 0 unspecified atom stereocenters. The van der Waals surface area contributed by atoms with Crippen molar-refractivity contribution in [3.63, 3.8) is 0 Å². The summed E-state index contributed by atoms with van der Waals surface area (Å²) in [7, 11) is 1.45. The summed E-state index contributed by atoms with van der Waals surface area (Å²) in [6.45, 7) is 0. The summed E-state index contributed by atoms with van der Waals surface area (Å²) in [5.74, 6) is 0.0655. The highest BCUT2D eigenvalue weighted by Crippen LogP contribution is 2.25. The van der Waals surface area contributed by atoms with E-state index in [4.69, 9.17) is 4.74 Å². The topological polar surface area (TPSA) is 26.3 Å². The monoisotopic (exact) mass is 268 g/mol. The fourth-order valence-electron chi connectivity index (χ4n) is 2.38. The summed E-state index contributed by atoms with van der Waals surface area (Å²) in [4.78, 5) is 11.6. The van der Waals surface area contributed by atoms with E-state index in [1.54, 1.807) is 0 Å². The van der Waals surface area contributed by atoms with Crippen LogP contribution >= 0.6 is 0 Å². The Morgan fingerprint density at radius 3 is 2.20 bits per heavy atom. The number of methoxy groups -OCH3 is 1. The molecule has 0 saturated carbocycles. The Balaban J connectivity index is 2.05. The molecule has 0 fully saturated rings. The minimum absolute atomic E-state index is 0.146. The normalized spacial score (nSPS) is 11.8. The number of carbonyl (C=O) groups is 1. The summed E-state index contributed by atoms with van der Waals surface area (Å²) >= 11 is 0. The average Bonchev–Trinajstić information content (AvgIpc) is 2.53. The van der Waals surface area contributed by atoms with Gasteiger partial charge in [-0.25, -0.2) is 0 Å². The van der Waals surface area contributed by atoms with Gasteiger partial charge in [-0.1, -0.05) is 60.7 Å². The first-order valence-electron chi connectivity index (χ1n) is 6.95. The largest absolute Gasteiger partial charge is 0.469 e. The molecule has 104 valence electrons. The van der Waals surface area contributed by atoms with E-state index in [1.807, 2.05) is 36.4 Å². The summed E-state index contributed by atoms with van der Waals surface area (Å²) in [6.07, 6.45) is 2.36. The highest BCUT2D eigenvalue weighted by molar-refractivity contribution is 5.70. The predicted octanol–water partition coefficient (Wildman–Crippen LogP) is 3.97. The van der Waals surface area contributed by atoms with Gasteiger partial charge in [0.15, 0.2) is 0 Å². The van der Waals surface area contributed by atoms with Crippen molar-refractivity contribution in [3.05, 3.63) is 71.8 Å². The lowest BCUT2D eigenvalue weighted by atomic mass is 9.90. The van der Waals surface area contributed by atoms with Crippen molar-refractivity contribution in [1.29, 1.82) is 0 Å². The molecule has 1 atom stereocenters. The van der Waals surface area contributed by atoms with Gasteiger partial charge in [-0.2, -0.15) is 0 Å². The number of benzene rings is 2. The Bertz CT molecular complexity index is 520. The molecule has 2 heteroatoms. The Morgan fingerprint density at radius 1 is 1.00 bits per heavy atom. The van der Waals surface area contributed by atoms with Crippen LogP contribution < -0.4 is 0 Å². The van der Waals surface area contributed by atoms with Crippen molar-refractivity contribution in [1.82, 2.24) is 0 Å². The molecule has 0 N–H and O–H groups in total. The molecule has 2 rings (SSSR count). The van der Waals surface area contributed by atoms with Gasteiger partial charge >= 0.3 is 5.97 Å². The standard InChI is InChI=1S/C18H20O2/c1-20-18(19)14-17(16-10-6-3-7-11-16)13-12-15-8-4-2-5-9-15/h2-11,17H,12-14H2,1H3/t17-/m1/s1. The van der Waals surface area contributed by atoms with Gasteiger partial charge in [-0.15, -0.1) is 0 Å². The van der Waals surface area contributed by atoms with Crippen molar-refractivity contribution in [2.24, 2.45) is 0 Å². The Kier molecular flexibility index (Phi) is 5.36. The molecule has 0 saturated heterocycles. The first-order valence-corrected chi connectivity index (χ1v) is 6.95. The average molecular weight is 268 g/mol. The molecule has 20 heavy (non-hydrogen) atoms. The first-order chi connectivity index (χ1) is 9.79. The Hall–Kier alpha value is -2.09. The quantitative estimate of drug-likeness (QED) is 0.741. The van der Waals surface area contributed by atoms with Gasteiger partial charge in [0.05, 0.1) is 13.5 Å². The summed E-state index contributed by atoms with van der Waals surface area (Å²) in [5.41, 5.74) is 2.51. The molecule has 0 heterocycles. The van der Waals surface area contributed by atoms with Crippen LogP contribution in [0.3, 0.4) is 0 Å². The number of aryl methyl sites for hydroxylation is 1. The molecule has 0 aliphatic carbocycles. The minimum atomic E-state index is -0.146. The van der Waals surface area contributed by atoms with Crippen molar-refractivity contribution < 1.29 is 9.53 Å². The lowest BCUT2D eigenvalue weighted by Gasteiger charge is -2.16. The van der Waals surface area contributed by atoms with Crippen LogP contribution in [0, 0.1) is 0 Å². The van der Waals surface area contributed by atoms with Crippen LogP contribution in [0.25, 0.3) is 0 Å². The molecule has 0 spiro atoms. The van der Waals surface area contributed by atoms with Crippen LogP contribution in [-0.4, -0.2) is 13.1 Å². The third-order valence-corrected chi connectivity index (χ3v) is 3.54. The molecule has 0 bridgehead atoms. The van der Waals surface area contributed by atoms with E-state index in [1.165, 1.54) is 18.2 Å². The molecule has 0 aliphatic rings. The zero-order valence-corrected chi connectivity index (χ0v) is 11.8. The number of hydrogen-bond acceptors (Lipinski definition) is 2. The first kappa shape index (κ1) is 14.3. The van der Waals surface area contributed by atoms with E-state index in [0.29, 0.717) is 6.42 Å². The van der Waals surface area contributed by atoms with Gasteiger partial charge in [-0.3, -0.25) is 4.79 Å². The van der Waals surface area contributed by atoms with Gasteiger partial charge in [-0.05, 0) is 29.9 Å². The Morgan fingerprint density at radius 2 is 1.60 bits per heavy atom. The van der Waals surface area contributed by atoms with Crippen LogP contribution in [0.1, 0.15) is 29.9 Å². The summed E-state index contributed by atoms with van der Waals surface area (Å²) in [5, 5.41) is 0. The zero-order valence-electron chi connectivity index (χ0n) is 11.8. The second-order valence-electron chi connectivity index (χ2n) is 4.91. The second kappa shape index (κ2) is 7.49. The molecular formula is C18H20O2. The highest BCUT2D eigenvalue weighted by atomic mass is 16.5.